The summed E-state index contributed by atoms with van der Waals surface area (Å²) in [6.07, 6.45) is 3.55. The van der Waals surface area contributed by atoms with Crippen molar-refractivity contribution >= 4 is 23.2 Å². The van der Waals surface area contributed by atoms with E-state index in [-0.39, 0.29) is 11.9 Å². The summed E-state index contributed by atoms with van der Waals surface area (Å²) in [4.78, 5) is 12.0. The summed E-state index contributed by atoms with van der Waals surface area (Å²) in [5.74, 6) is -0.179. The van der Waals surface area contributed by atoms with Gasteiger partial charge in [-0.25, -0.2) is 0 Å². The number of nitrogens with one attached hydrogen (secondary N) is 1. The Morgan fingerprint density at radius 3 is 3.00 bits per heavy atom. The van der Waals surface area contributed by atoms with E-state index in [1.807, 2.05) is 19.2 Å². The molecule has 2 aromatic rings. The first kappa shape index (κ1) is 13.4. The Balaban J connectivity index is 1.98. The number of anilines is 1. The van der Waals surface area contributed by atoms with Crippen molar-refractivity contribution in [3.05, 3.63) is 47.2 Å². The van der Waals surface area contributed by atoms with Crippen LogP contribution in [0.15, 0.2) is 36.7 Å². The lowest BCUT2D eigenvalue weighted by molar-refractivity contribution is 0.0936. The van der Waals surface area contributed by atoms with Crippen LogP contribution in [0.4, 0.5) is 5.69 Å². The minimum Gasteiger partial charge on any atom is -0.398 e. The van der Waals surface area contributed by atoms with Crippen LogP contribution in [-0.2, 0) is 6.54 Å². The van der Waals surface area contributed by atoms with Crippen molar-refractivity contribution in [3.63, 3.8) is 0 Å². The van der Waals surface area contributed by atoms with E-state index in [4.69, 9.17) is 17.3 Å². The lowest BCUT2D eigenvalue weighted by Crippen LogP contribution is -2.35. The molecule has 19 heavy (non-hydrogen) atoms. The second-order valence-corrected chi connectivity index (χ2v) is 4.75. The van der Waals surface area contributed by atoms with Crippen LogP contribution in [0.2, 0.25) is 5.02 Å². The predicted octanol–water partition coefficient (Wildman–Crippen LogP) is 1.94. The number of amides is 1. The monoisotopic (exact) mass is 278 g/mol. The van der Waals surface area contributed by atoms with Crippen molar-refractivity contribution in [1.29, 1.82) is 0 Å². The van der Waals surface area contributed by atoms with Gasteiger partial charge in [-0.05, 0) is 31.2 Å². The smallest absolute Gasteiger partial charge is 0.251 e. The van der Waals surface area contributed by atoms with Gasteiger partial charge in [0.15, 0.2) is 0 Å². The molecule has 1 atom stereocenters. The van der Waals surface area contributed by atoms with Crippen LogP contribution in [0.25, 0.3) is 0 Å². The first-order valence-corrected chi connectivity index (χ1v) is 6.27. The topological polar surface area (TPSA) is 72.9 Å². The number of hydrogen-bond donors (Lipinski definition) is 2. The molecule has 0 spiro atoms. The fraction of sp³-hybridized carbons (Fsp3) is 0.231. The summed E-state index contributed by atoms with van der Waals surface area (Å²) in [5.41, 5.74) is 6.56. The van der Waals surface area contributed by atoms with E-state index in [1.54, 1.807) is 29.1 Å². The molecule has 1 aromatic heterocycles. The number of hydrogen-bond acceptors (Lipinski definition) is 3. The van der Waals surface area contributed by atoms with Gasteiger partial charge in [0.05, 0.1) is 17.3 Å². The quantitative estimate of drug-likeness (QED) is 0.840. The van der Waals surface area contributed by atoms with E-state index in [0.717, 1.165) is 0 Å². The zero-order valence-corrected chi connectivity index (χ0v) is 11.3. The summed E-state index contributed by atoms with van der Waals surface area (Å²) < 4.78 is 1.76. The summed E-state index contributed by atoms with van der Waals surface area (Å²) in [7, 11) is 0. The van der Waals surface area contributed by atoms with Gasteiger partial charge in [-0.3, -0.25) is 9.48 Å². The molecular formula is C13H15ClN4O. The highest BCUT2D eigenvalue weighted by atomic mass is 35.5. The molecule has 5 nitrogen and oxygen atoms in total. The molecule has 1 aromatic carbocycles. The average molecular weight is 279 g/mol. The van der Waals surface area contributed by atoms with E-state index < -0.39 is 0 Å². The molecule has 0 aliphatic carbocycles. The van der Waals surface area contributed by atoms with Crippen molar-refractivity contribution in [1.82, 2.24) is 15.1 Å². The number of rotatable bonds is 4. The Labute approximate surface area is 116 Å². The highest BCUT2D eigenvalue weighted by Crippen LogP contribution is 2.19. The molecule has 100 valence electrons. The molecule has 0 bridgehead atoms. The van der Waals surface area contributed by atoms with E-state index in [0.29, 0.717) is 22.8 Å². The van der Waals surface area contributed by atoms with Gasteiger partial charge in [0.25, 0.3) is 5.91 Å². The molecule has 1 amide bonds. The van der Waals surface area contributed by atoms with Gasteiger partial charge >= 0.3 is 0 Å². The molecule has 0 saturated heterocycles. The number of halogens is 1. The van der Waals surface area contributed by atoms with Gasteiger partial charge in [0, 0.05) is 24.0 Å². The second-order valence-electron chi connectivity index (χ2n) is 4.34. The molecule has 0 fully saturated rings. The second kappa shape index (κ2) is 5.75. The maximum atomic E-state index is 12.0. The molecule has 0 aliphatic heterocycles. The summed E-state index contributed by atoms with van der Waals surface area (Å²) in [6.45, 7) is 2.53. The lowest BCUT2D eigenvalue weighted by Gasteiger charge is -2.14. The molecule has 3 N–H and O–H groups in total. The lowest BCUT2D eigenvalue weighted by atomic mass is 10.2. The van der Waals surface area contributed by atoms with E-state index >= 15 is 0 Å². The average Bonchev–Trinajstić information content (AvgIpc) is 2.85. The Kier molecular flexibility index (Phi) is 4.06. The molecule has 0 saturated carbocycles. The van der Waals surface area contributed by atoms with E-state index in [1.165, 1.54) is 0 Å². The number of nitrogens with zero attached hydrogens (tertiary/aromatic N) is 2. The predicted molar refractivity (Wildman–Crippen MR) is 75.0 cm³/mol. The molecule has 1 unspecified atom stereocenters. The number of benzene rings is 1. The zero-order valence-electron chi connectivity index (χ0n) is 10.5. The van der Waals surface area contributed by atoms with Gasteiger partial charge < -0.3 is 11.1 Å². The first-order chi connectivity index (χ1) is 9.06. The summed E-state index contributed by atoms with van der Waals surface area (Å²) in [6, 6.07) is 6.64. The Morgan fingerprint density at radius 1 is 1.58 bits per heavy atom. The Hall–Kier alpha value is -2.01. The van der Waals surface area contributed by atoms with Crippen molar-refractivity contribution in [2.45, 2.75) is 19.5 Å². The molecule has 1 heterocycles. The number of nitrogen functional groups attached to an aromatic ring is 1. The van der Waals surface area contributed by atoms with Gasteiger partial charge in [-0.15, -0.1) is 0 Å². The van der Waals surface area contributed by atoms with Gasteiger partial charge in [-0.1, -0.05) is 11.6 Å². The molecular weight excluding hydrogens is 264 g/mol. The first-order valence-electron chi connectivity index (χ1n) is 5.89. The van der Waals surface area contributed by atoms with Crippen molar-refractivity contribution in [3.8, 4) is 0 Å². The standard InChI is InChI=1S/C13H15ClN4O/c1-9(8-18-6-2-5-16-18)17-13(19)10-3-4-12(15)11(14)7-10/h2-7,9H,8,15H2,1H3,(H,17,19). The SMILES string of the molecule is CC(Cn1cccn1)NC(=O)c1ccc(N)c(Cl)c1. The van der Waals surface area contributed by atoms with Gasteiger partial charge in [-0.2, -0.15) is 5.10 Å². The third-order valence-electron chi connectivity index (χ3n) is 2.66. The van der Waals surface area contributed by atoms with E-state index in [2.05, 4.69) is 10.4 Å². The van der Waals surface area contributed by atoms with Gasteiger partial charge in [0.2, 0.25) is 0 Å². The van der Waals surface area contributed by atoms with Crippen LogP contribution in [0.3, 0.4) is 0 Å². The maximum absolute atomic E-state index is 12.0. The maximum Gasteiger partial charge on any atom is 0.251 e. The van der Waals surface area contributed by atoms with Crippen LogP contribution < -0.4 is 11.1 Å². The summed E-state index contributed by atoms with van der Waals surface area (Å²) >= 11 is 5.89. The highest BCUT2D eigenvalue weighted by Gasteiger charge is 2.11. The van der Waals surface area contributed by atoms with Crippen LogP contribution in [0.1, 0.15) is 17.3 Å². The minimum atomic E-state index is -0.179. The minimum absolute atomic E-state index is 0.0382. The van der Waals surface area contributed by atoms with Crippen LogP contribution in [-0.4, -0.2) is 21.7 Å². The number of carbonyl (C=O) groups is 1. The number of carbonyl (C=O) groups excluding carboxylic acids is 1. The molecule has 0 radical (unpaired) electrons. The van der Waals surface area contributed by atoms with Crippen LogP contribution in [0, 0.1) is 0 Å². The number of aromatic nitrogens is 2. The molecule has 2 rings (SSSR count). The van der Waals surface area contributed by atoms with Crippen molar-refractivity contribution < 1.29 is 4.79 Å². The Morgan fingerprint density at radius 2 is 2.37 bits per heavy atom. The fourth-order valence-corrected chi connectivity index (χ4v) is 1.89. The Bertz CT molecular complexity index is 568. The van der Waals surface area contributed by atoms with E-state index in [9.17, 15) is 4.79 Å². The highest BCUT2D eigenvalue weighted by molar-refractivity contribution is 6.33. The number of nitrogens with two attached hydrogens (primary N) is 1. The third-order valence-corrected chi connectivity index (χ3v) is 2.99. The third kappa shape index (κ3) is 3.48. The molecule has 0 aliphatic rings. The fourth-order valence-electron chi connectivity index (χ4n) is 1.71. The van der Waals surface area contributed by atoms with Crippen LogP contribution >= 0.6 is 11.6 Å². The summed E-state index contributed by atoms with van der Waals surface area (Å²) in [5, 5.41) is 7.35. The largest absolute Gasteiger partial charge is 0.398 e. The van der Waals surface area contributed by atoms with Gasteiger partial charge in [0.1, 0.15) is 0 Å². The van der Waals surface area contributed by atoms with Crippen LogP contribution in [0.5, 0.6) is 0 Å². The van der Waals surface area contributed by atoms with Crippen molar-refractivity contribution in [2.24, 2.45) is 0 Å². The molecule has 6 heteroatoms. The van der Waals surface area contributed by atoms with Crippen molar-refractivity contribution in [2.75, 3.05) is 5.73 Å². The zero-order chi connectivity index (χ0) is 13.8. The normalized spacial score (nSPS) is 12.1.